The van der Waals surface area contributed by atoms with Gasteiger partial charge >= 0.3 is 0 Å². The lowest BCUT2D eigenvalue weighted by molar-refractivity contribution is 1.10. The molecule has 0 aliphatic carbocycles. The van der Waals surface area contributed by atoms with Gasteiger partial charge in [0.25, 0.3) is 0 Å². The first kappa shape index (κ1) is 9.42. The van der Waals surface area contributed by atoms with Gasteiger partial charge in [-0.15, -0.1) is 6.42 Å². The zero-order valence-electron chi connectivity index (χ0n) is 8.44. The summed E-state index contributed by atoms with van der Waals surface area (Å²) in [5.41, 5.74) is 3.24. The van der Waals surface area contributed by atoms with Gasteiger partial charge in [0, 0.05) is 5.56 Å². The van der Waals surface area contributed by atoms with E-state index in [1.165, 1.54) is 0 Å². The van der Waals surface area contributed by atoms with Gasteiger partial charge in [-0.25, -0.2) is 4.98 Å². The standard InChI is InChI=1S/C13H10N2/c1-3-12-10(2)14-9-13(15-12)11-7-5-4-6-8-11/h1,4-9H,2H3. The van der Waals surface area contributed by atoms with Crippen molar-refractivity contribution < 1.29 is 0 Å². The quantitative estimate of drug-likeness (QED) is 0.651. The second kappa shape index (κ2) is 3.93. The van der Waals surface area contributed by atoms with Crippen molar-refractivity contribution in [1.82, 2.24) is 9.97 Å². The number of aromatic nitrogens is 2. The molecule has 0 spiro atoms. The monoisotopic (exact) mass is 194 g/mol. The highest BCUT2D eigenvalue weighted by Gasteiger charge is 2.02. The average Bonchev–Trinajstić information content (AvgIpc) is 2.31. The van der Waals surface area contributed by atoms with E-state index in [4.69, 9.17) is 6.42 Å². The molecule has 0 aliphatic rings. The molecule has 0 bridgehead atoms. The molecule has 0 N–H and O–H groups in total. The van der Waals surface area contributed by atoms with Crippen LogP contribution in [0.3, 0.4) is 0 Å². The predicted molar refractivity (Wildman–Crippen MR) is 60.1 cm³/mol. The molecule has 0 aliphatic heterocycles. The molecule has 2 heteroatoms. The largest absolute Gasteiger partial charge is 0.256 e. The SMILES string of the molecule is C#Cc1nc(-c2ccccc2)cnc1C. The number of rotatable bonds is 1. The Morgan fingerprint density at radius 1 is 1.20 bits per heavy atom. The van der Waals surface area contributed by atoms with Crippen molar-refractivity contribution in [2.24, 2.45) is 0 Å². The number of nitrogens with zero attached hydrogens (tertiary/aromatic N) is 2. The molecule has 1 aromatic heterocycles. The Labute approximate surface area is 89.0 Å². The van der Waals surface area contributed by atoms with E-state index in [1.54, 1.807) is 6.20 Å². The van der Waals surface area contributed by atoms with Crippen LogP contribution in [0.2, 0.25) is 0 Å². The lowest BCUT2D eigenvalue weighted by Crippen LogP contribution is -1.94. The Morgan fingerprint density at radius 2 is 1.93 bits per heavy atom. The van der Waals surface area contributed by atoms with Gasteiger partial charge in [-0.1, -0.05) is 30.3 Å². The van der Waals surface area contributed by atoms with Crippen molar-refractivity contribution >= 4 is 0 Å². The summed E-state index contributed by atoms with van der Waals surface area (Å²) in [6, 6.07) is 9.87. The first-order chi connectivity index (χ1) is 7.31. The summed E-state index contributed by atoms with van der Waals surface area (Å²) < 4.78 is 0. The van der Waals surface area contributed by atoms with Crippen molar-refractivity contribution in [3.05, 3.63) is 47.9 Å². The normalized spacial score (nSPS) is 9.60. The molecular weight excluding hydrogens is 184 g/mol. The Kier molecular flexibility index (Phi) is 2.47. The molecule has 15 heavy (non-hydrogen) atoms. The molecule has 0 amide bonds. The van der Waals surface area contributed by atoms with E-state index in [-0.39, 0.29) is 0 Å². The number of aryl methyl sites for hydroxylation is 1. The number of benzene rings is 1. The van der Waals surface area contributed by atoms with Crippen molar-refractivity contribution in [1.29, 1.82) is 0 Å². The maximum Gasteiger partial charge on any atom is 0.134 e. The zero-order chi connectivity index (χ0) is 10.7. The molecule has 2 nitrogen and oxygen atoms in total. The minimum Gasteiger partial charge on any atom is -0.256 e. The summed E-state index contributed by atoms with van der Waals surface area (Å²) >= 11 is 0. The molecule has 0 saturated carbocycles. The predicted octanol–water partition coefficient (Wildman–Crippen LogP) is 2.43. The zero-order valence-corrected chi connectivity index (χ0v) is 8.44. The lowest BCUT2D eigenvalue weighted by atomic mass is 10.1. The molecule has 1 aromatic carbocycles. The van der Waals surface area contributed by atoms with Gasteiger partial charge in [-0.05, 0) is 12.8 Å². The molecule has 2 aromatic rings. The average molecular weight is 194 g/mol. The van der Waals surface area contributed by atoms with E-state index in [2.05, 4.69) is 15.9 Å². The fourth-order valence-corrected chi connectivity index (χ4v) is 1.33. The second-order valence-corrected chi connectivity index (χ2v) is 3.20. The summed E-state index contributed by atoms with van der Waals surface area (Å²) in [7, 11) is 0. The molecule has 0 saturated heterocycles. The Balaban J connectivity index is 2.52. The molecule has 72 valence electrons. The third kappa shape index (κ3) is 1.87. The molecule has 0 atom stereocenters. The first-order valence-corrected chi connectivity index (χ1v) is 4.67. The van der Waals surface area contributed by atoms with Crippen LogP contribution in [0.1, 0.15) is 11.4 Å². The van der Waals surface area contributed by atoms with Crippen LogP contribution in [0.4, 0.5) is 0 Å². The van der Waals surface area contributed by atoms with Crippen LogP contribution in [0.15, 0.2) is 36.5 Å². The van der Waals surface area contributed by atoms with Crippen molar-refractivity contribution in [3.63, 3.8) is 0 Å². The number of terminal acetylenes is 1. The molecule has 0 unspecified atom stereocenters. The van der Waals surface area contributed by atoms with Gasteiger partial charge in [-0.3, -0.25) is 4.98 Å². The van der Waals surface area contributed by atoms with Crippen LogP contribution >= 0.6 is 0 Å². The van der Waals surface area contributed by atoms with Crippen LogP contribution < -0.4 is 0 Å². The third-order valence-corrected chi connectivity index (χ3v) is 2.16. The van der Waals surface area contributed by atoms with Gasteiger partial charge in [-0.2, -0.15) is 0 Å². The summed E-state index contributed by atoms with van der Waals surface area (Å²) in [5, 5.41) is 0. The van der Waals surface area contributed by atoms with E-state index in [1.807, 2.05) is 37.3 Å². The summed E-state index contributed by atoms with van der Waals surface area (Å²) in [4.78, 5) is 8.58. The van der Waals surface area contributed by atoms with Gasteiger partial charge in [0.05, 0.1) is 17.6 Å². The van der Waals surface area contributed by atoms with Crippen molar-refractivity contribution in [2.75, 3.05) is 0 Å². The second-order valence-electron chi connectivity index (χ2n) is 3.20. The maximum atomic E-state index is 5.35. The van der Waals surface area contributed by atoms with E-state index in [9.17, 15) is 0 Å². The van der Waals surface area contributed by atoms with Gasteiger partial charge in [0.2, 0.25) is 0 Å². The first-order valence-electron chi connectivity index (χ1n) is 4.67. The van der Waals surface area contributed by atoms with E-state index in [0.29, 0.717) is 5.69 Å². The topological polar surface area (TPSA) is 25.8 Å². The van der Waals surface area contributed by atoms with Gasteiger partial charge in [0.15, 0.2) is 0 Å². The minimum atomic E-state index is 0.608. The molecule has 0 radical (unpaired) electrons. The molecular formula is C13H10N2. The van der Waals surface area contributed by atoms with Crippen LogP contribution in [-0.2, 0) is 0 Å². The van der Waals surface area contributed by atoms with Crippen LogP contribution in [0.5, 0.6) is 0 Å². The highest BCUT2D eigenvalue weighted by molar-refractivity contribution is 5.58. The van der Waals surface area contributed by atoms with Crippen molar-refractivity contribution in [3.8, 4) is 23.6 Å². The smallest absolute Gasteiger partial charge is 0.134 e. The fraction of sp³-hybridized carbons (Fsp3) is 0.0769. The summed E-state index contributed by atoms with van der Waals surface area (Å²) in [6.07, 6.45) is 7.09. The third-order valence-electron chi connectivity index (χ3n) is 2.16. The Bertz CT molecular complexity index is 510. The Morgan fingerprint density at radius 3 is 2.60 bits per heavy atom. The number of hydrogen-bond acceptors (Lipinski definition) is 2. The highest BCUT2D eigenvalue weighted by Crippen LogP contribution is 2.16. The van der Waals surface area contributed by atoms with Gasteiger partial charge < -0.3 is 0 Å². The summed E-state index contributed by atoms with van der Waals surface area (Å²) in [6.45, 7) is 1.86. The van der Waals surface area contributed by atoms with E-state index < -0.39 is 0 Å². The lowest BCUT2D eigenvalue weighted by Gasteiger charge is -2.02. The minimum absolute atomic E-state index is 0.608. The van der Waals surface area contributed by atoms with E-state index >= 15 is 0 Å². The van der Waals surface area contributed by atoms with Crippen LogP contribution in [0.25, 0.3) is 11.3 Å². The van der Waals surface area contributed by atoms with Gasteiger partial charge in [0.1, 0.15) is 5.69 Å². The van der Waals surface area contributed by atoms with E-state index in [0.717, 1.165) is 17.0 Å². The van der Waals surface area contributed by atoms with Crippen LogP contribution in [0, 0.1) is 19.3 Å². The highest BCUT2D eigenvalue weighted by atomic mass is 14.8. The molecule has 1 heterocycles. The molecule has 0 fully saturated rings. The van der Waals surface area contributed by atoms with Crippen LogP contribution in [-0.4, -0.2) is 9.97 Å². The maximum absolute atomic E-state index is 5.35. The summed E-state index contributed by atoms with van der Waals surface area (Å²) in [5.74, 6) is 2.53. The fourth-order valence-electron chi connectivity index (χ4n) is 1.33. The number of hydrogen-bond donors (Lipinski definition) is 0. The van der Waals surface area contributed by atoms with Crippen molar-refractivity contribution in [2.45, 2.75) is 6.92 Å². The Hall–Kier alpha value is -2.14. The molecule has 2 rings (SSSR count).